The molecule has 1 aromatic carbocycles. The molecule has 0 aliphatic carbocycles. The largest absolute Gasteiger partial charge is 0.488 e. The van der Waals surface area contributed by atoms with Gasteiger partial charge in [-0.1, -0.05) is 15.9 Å². The van der Waals surface area contributed by atoms with E-state index >= 15 is 0 Å². The Labute approximate surface area is 137 Å². The molecule has 2 aliphatic heterocycles. The first-order chi connectivity index (χ1) is 10.1. The lowest BCUT2D eigenvalue weighted by atomic mass is 10.1. The van der Waals surface area contributed by atoms with Gasteiger partial charge >= 0.3 is 5.97 Å². The molecule has 0 radical (unpaired) electrons. The van der Waals surface area contributed by atoms with Crippen molar-refractivity contribution in [2.45, 2.75) is 25.0 Å². The third kappa shape index (κ3) is 3.73. The van der Waals surface area contributed by atoms with E-state index in [4.69, 9.17) is 9.84 Å². The third-order valence-electron chi connectivity index (χ3n) is 3.96. The number of benzene rings is 1. The lowest BCUT2D eigenvalue weighted by Crippen LogP contribution is -2.47. The summed E-state index contributed by atoms with van der Waals surface area (Å²) < 4.78 is 7.07. The molecular weight excluding hydrogens is 354 g/mol. The van der Waals surface area contributed by atoms with Crippen molar-refractivity contribution in [3.8, 4) is 5.75 Å². The van der Waals surface area contributed by atoms with E-state index in [0.29, 0.717) is 0 Å². The number of aliphatic carboxylic acids is 1. The highest BCUT2D eigenvalue weighted by Gasteiger charge is 2.30. The standard InChI is InChI=1S/C15H18BrNO3S/c16-11-1-2-14-10(5-11)6-13(20-14)8-17-3-4-21-9-12(17)7-15(18)19/h1-2,5,12-13H,3-4,6-9H2,(H,18,19). The van der Waals surface area contributed by atoms with Crippen molar-refractivity contribution in [3.05, 3.63) is 28.2 Å². The van der Waals surface area contributed by atoms with Crippen molar-refractivity contribution in [3.63, 3.8) is 0 Å². The molecule has 2 atom stereocenters. The number of rotatable bonds is 4. The molecular formula is C15H18BrNO3S. The summed E-state index contributed by atoms with van der Waals surface area (Å²) in [5.74, 6) is 2.22. The van der Waals surface area contributed by atoms with Crippen molar-refractivity contribution in [2.75, 3.05) is 24.6 Å². The second kappa shape index (κ2) is 6.58. The number of carboxylic acids is 1. The van der Waals surface area contributed by atoms with Gasteiger partial charge in [-0.05, 0) is 23.8 Å². The Morgan fingerprint density at radius 3 is 3.19 bits per heavy atom. The van der Waals surface area contributed by atoms with Crippen LogP contribution in [0.4, 0.5) is 0 Å². The zero-order valence-electron chi connectivity index (χ0n) is 11.6. The number of ether oxygens (including phenoxy) is 1. The number of halogens is 1. The second-order valence-corrected chi connectivity index (χ2v) is 7.58. The van der Waals surface area contributed by atoms with Gasteiger partial charge in [0.05, 0.1) is 6.42 Å². The van der Waals surface area contributed by atoms with Crippen molar-refractivity contribution in [1.82, 2.24) is 4.90 Å². The first-order valence-corrected chi connectivity index (χ1v) is 9.05. The van der Waals surface area contributed by atoms with Gasteiger partial charge in [-0.3, -0.25) is 9.69 Å². The molecule has 3 rings (SSSR count). The molecule has 0 saturated carbocycles. The van der Waals surface area contributed by atoms with Gasteiger partial charge < -0.3 is 9.84 Å². The number of carbonyl (C=O) groups is 1. The zero-order chi connectivity index (χ0) is 14.8. The number of hydrogen-bond donors (Lipinski definition) is 1. The number of carboxylic acid groups (broad SMARTS) is 1. The molecule has 6 heteroatoms. The molecule has 1 N–H and O–H groups in total. The predicted molar refractivity (Wildman–Crippen MR) is 87.2 cm³/mol. The molecule has 0 bridgehead atoms. The van der Waals surface area contributed by atoms with E-state index in [1.165, 1.54) is 5.56 Å². The third-order valence-corrected chi connectivity index (χ3v) is 5.55. The maximum Gasteiger partial charge on any atom is 0.304 e. The van der Waals surface area contributed by atoms with Crippen molar-refractivity contribution < 1.29 is 14.6 Å². The van der Waals surface area contributed by atoms with Gasteiger partial charge in [-0.25, -0.2) is 0 Å². The quantitative estimate of drug-likeness (QED) is 0.881. The summed E-state index contributed by atoms with van der Waals surface area (Å²) >= 11 is 5.33. The zero-order valence-corrected chi connectivity index (χ0v) is 14.0. The van der Waals surface area contributed by atoms with Gasteiger partial charge in [-0.15, -0.1) is 0 Å². The van der Waals surface area contributed by atoms with E-state index in [0.717, 1.165) is 41.2 Å². The predicted octanol–water partition coefficient (Wildman–Crippen LogP) is 2.64. The van der Waals surface area contributed by atoms with Crippen LogP contribution in [-0.4, -0.2) is 52.7 Å². The van der Waals surface area contributed by atoms with Crippen LogP contribution in [0.2, 0.25) is 0 Å². The second-order valence-electron chi connectivity index (χ2n) is 5.52. The van der Waals surface area contributed by atoms with Crippen molar-refractivity contribution >= 4 is 33.7 Å². The van der Waals surface area contributed by atoms with E-state index in [-0.39, 0.29) is 18.6 Å². The summed E-state index contributed by atoms with van der Waals surface area (Å²) in [6, 6.07) is 6.22. The van der Waals surface area contributed by atoms with E-state index < -0.39 is 5.97 Å². The van der Waals surface area contributed by atoms with Gasteiger partial charge in [0.25, 0.3) is 0 Å². The summed E-state index contributed by atoms with van der Waals surface area (Å²) in [5, 5.41) is 9.04. The SMILES string of the molecule is O=C(O)CC1CSCCN1CC1Cc2cc(Br)ccc2O1. The number of nitrogens with zero attached hydrogens (tertiary/aromatic N) is 1. The van der Waals surface area contributed by atoms with Crippen LogP contribution in [0.25, 0.3) is 0 Å². The van der Waals surface area contributed by atoms with Crippen LogP contribution in [0.3, 0.4) is 0 Å². The molecule has 21 heavy (non-hydrogen) atoms. The molecule has 0 amide bonds. The van der Waals surface area contributed by atoms with E-state index in [1.807, 2.05) is 23.9 Å². The maximum atomic E-state index is 11.0. The van der Waals surface area contributed by atoms with Crippen LogP contribution in [0, 0.1) is 0 Å². The highest BCUT2D eigenvalue weighted by atomic mass is 79.9. The average Bonchev–Trinajstić information content (AvgIpc) is 2.82. The molecule has 114 valence electrons. The highest BCUT2D eigenvalue weighted by molar-refractivity contribution is 9.10. The van der Waals surface area contributed by atoms with Crippen LogP contribution < -0.4 is 4.74 Å². The molecule has 0 spiro atoms. The summed E-state index contributed by atoms with van der Waals surface area (Å²) in [7, 11) is 0. The van der Waals surface area contributed by atoms with E-state index in [9.17, 15) is 4.79 Å². The molecule has 2 aliphatic rings. The number of thioether (sulfide) groups is 1. The maximum absolute atomic E-state index is 11.0. The van der Waals surface area contributed by atoms with Crippen LogP contribution in [0.1, 0.15) is 12.0 Å². The lowest BCUT2D eigenvalue weighted by Gasteiger charge is -2.35. The van der Waals surface area contributed by atoms with Gasteiger partial charge in [0.15, 0.2) is 0 Å². The molecule has 0 aromatic heterocycles. The summed E-state index contributed by atoms with van der Waals surface area (Å²) in [5.41, 5.74) is 1.23. The van der Waals surface area contributed by atoms with E-state index in [2.05, 4.69) is 26.9 Å². The minimum atomic E-state index is -0.716. The Bertz CT molecular complexity index is 540. The van der Waals surface area contributed by atoms with Crippen LogP contribution in [-0.2, 0) is 11.2 Å². The Balaban J connectivity index is 1.62. The first kappa shape index (κ1) is 15.2. The monoisotopic (exact) mass is 371 g/mol. The van der Waals surface area contributed by atoms with Gasteiger partial charge in [-0.2, -0.15) is 11.8 Å². The van der Waals surface area contributed by atoms with Crippen molar-refractivity contribution in [2.24, 2.45) is 0 Å². The summed E-state index contributed by atoms with van der Waals surface area (Å²) in [6.45, 7) is 1.76. The Kier molecular flexibility index (Phi) is 4.76. The van der Waals surface area contributed by atoms with E-state index in [1.54, 1.807) is 0 Å². The smallest absolute Gasteiger partial charge is 0.304 e. The summed E-state index contributed by atoms with van der Waals surface area (Å²) in [4.78, 5) is 13.3. The minimum Gasteiger partial charge on any atom is -0.488 e. The highest BCUT2D eigenvalue weighted by Crippen LogP contribution is 2.32. The fourth-order valence-electron chi connectivity index (χ4n) is 2.97. The minimum absolute atomic E-state index is 0.125. The number of fused-ring (bicyclic) bond motifs is 1. The van der Waals surface area contributed by atoms with Gasteiger partial charge in [0.2, 0.25) is 0 Å². The Hall–Kier alpha value is -0.720. The molecule has 2 heterocycles. The lowest BCUT2D eigenvalue weighted by molar-refractivity contribution is -0.138. The molecule has 1 saturated heterocycles. The molecule has 2 unspecified atom stereocenters. The normalized spacial score (nSPS) is 25.4. The van der Waals surface area contributed by atoms with Crippen LogP contribution in [0.15, 0.2) is 22.7 Å². The Morgan fingerprint density at radius 2 is 2.38 bits per heavy atom. The molecule has 4 nitrogen and oxygen atoms in total. The first-order valence-electron chi connectivity index (χ1n) is 7.10. The van der Waals surface area contributed by atoms with Gasteiger partial charge in [0.1, 0.15) is 11.9 Å². The molecule has 1 aromatic rings. The summed E-state index contributed by atoms with van der Waals surface area (Å²) in [6.07, 6.45) is 1.25. The fourth-order valence-corrected chi connectivity index (χ4v) is 4.51. The van der Waals surface area contributed by atoms with Crippen LogP contribution >= 0.6 is 27.7 Å². The van der Waals surface area contributed by atoms with Crippen LogP contribution in [0.5, 0.6) is 5.75 Å². The topological polar surface area (TPSA) is 49.8 Å². The number of hydrogen-bond acceptors (Lipinski definition) is 4. The van der Waals surface area contributed by atoms with Gasteiger partial charge in [0, 0.05) is 41.5 Å². The molecule has 1 fully saturated rings. The Morgan fingerprint density at radius 1 is 1.52 bits per heavy atom. The average molecular weight is 372 g/mol. The fraction of sp³-hybridized carbons (Fsp3) is 0.533. The van der Waals surface area contributed by atoms with Crippen molar-refractivity contribution in [1.29, 1.82) is 0 Å².